The van der Waals surface area contributed by atoms with Gasteiger partial charge in [-0.3, -0.25) is 0 Å². The van der Waals surface area contributed by atoms with E-state index in [1.165, 1.54) is 0 Å². The van der Waals surface area contributed by atoms with E-state index in [-0.39, 0.29) is 24.1 Å². The molecule has 3 fully saturated rings. The van der Waals surface area contributed by atoms with Crippen LogP contribution in [0.5, 0.6) is 0 Å². The first-order valence-corrected chi connectivity index (χ1v) is 6.05. The summed E-state index contributed by atoms with van der Waals surface area (Å²) < 4.78 is 23.4. The fourth-order valence-corrected chi connectivity index (χ4v) is 3.52. The quantitative estimate of drug-likeness (QED) is 0.684. The molecule has 3 aliphatic rings. The van der Waals surface area contributed by atoms with Crippen molar-refractivity contribution in [2.45, 2.75) is 63.5 Å². The molecule has 1 spiro atoms. The first-order chi connectivity index (χ1) is 7.48. The van der Waals surface area contributed by atoms with E-state index in [2.05, 4.69) is 6.92 Å². The van der Waals surface area contributed by atoms with Crippen molar-refractivity contribution in [3.63, 3.8) is 0 Å². The number of hydrogen-bond donors (Lipinski definition) is 0. The van der Waals surface area contributed by atoms with Gasteiger partial charge in [0.2, 0.25) is 0 Å². The maximum absolute atomic E-state index is 6.16. The number of rotatable bonds is 1. The van der Waals surface area contributed by atoms with Gasteiger partial charge in [-0.05, 0) is 32.6 Å². The molecule has 0 bridgehead atoms. The molecule has 2 heterocycles. The number of methoxy groups -OCH3 is 1. The molecule has 2 unspecified atom stereocenters. The van der Waals surface area contributed by atoms with Crippen molar-refractivity contribution < 1.29 is 18.9 Å². The molecule has 4 nitrogen and oxygen atoms in total. The van der Waals surface area contributed by atoms with E-state index < -0.39 is 5.79 Å². The molecule has 0 amide bonds. The van der Waals surface area contributed by atoms with Crippen LogP contribution in [0.2, 0.25) is 0 Å². The highest BCUT2D eigenvalue weighted by atomic mass is 16.8. The topological polar surface area (TPSA) is 36.9 Å². The van der Waals surface area contributed by atoms with Gasteiger partial charge in [0.25, 0.3) is 0 Å². The molecule has 2 aliphatic heterocycles. The van der Waals surface area contributed by atoms with Gasteiger partial charge in [0.1, 0.15) is 11.7 Å². The summed E-state index contributed by atoms with van der Waals surface area (Å²) in [7, 11) is 1.67. The van der Waals surface area contributed by atoms with Gasteiger partial charge in [-0.25, -0.2) is 0 Å². The van der Waals surface area contributed by atoms with Gasteiger partial charge in [0, 0.05) is 7.11 Å². The smallest absolute Gasteiger partial charge is 0.186 e. The van der Waals surface area contributed by atoms with Crippen LogP contribution in [-0.4, -0.2) is 37.0 Å². The molecule has 16 heavy (non-hydrogen) atoms. The van der Waals surface area contributed by atoms with Gasteiger partial charge in [0.15, 0.2) is 12.1 Å². The summed E-state index contributed by atoms with van der Waals surface area (Å²) in [6.07, 6.45) is 1.89. The van der Waals surface area contributed by atoms with Gasteiger partial charge in [-0.2, -0.15) is 0 Å². The highest BCUT2D eigenvalue weighted by Crippen LogP contribution is 2.55. The Hall–Kier alpha value is -0.160. The van der Waals surface area contributed by atoms with Crippen molar-refractivity contribution in [1.82, 2.24) is 0 Å². The monoisotopic (exact) mass is 228 g/mol. The standard InChI is InChI=1S/C12H20O4/c1-7-5-6-12-8(7)14-10(13-4)9(12)15-11(2,3)16-12/h7-10H,5-6H2,1-4H3/t7-,8-,9?,10?,12-/m1/s1. The van der Waals surface area contributed by atoms with E-state index in [0.29, 0.717) is 5.92 Å². The second-order valence-corrected chi connectivity index (χ2v) is 5.67. The van der Waals surface area contributed by atoms with Gasteiger partial charge in [0.05, 0.1) is 6.10 Å². The highest BCUT2D eigenvalue weighted by molar-refractivity contribution is 5.13. The van der Waals surface area contributed by atoms with Crippen molar-refractivity contribution in [3.8, 4) is 0 Å². The molecule has 5 atom stereocenters. The van der Waals surface area contributed by atoms with Crippen LogP contribution in [-0.2, 0) is 18.9 Å². The summed E-state index contributed by atoms with van der Waals surface area (Å²) in [5.74, 6) is -0.00627. The van der Waals surface area contributed by atoms with Crippen LogP contribution in [0.4, 0.5) is 0 Å². The lowest BCUT2D eigenvalue weighted by Crippen LogP contribution is -2.44. The molecular weight excluding hydrogens is 208 g/mol. The first-order valence-electron chi connectivity index (χ1n) is 6.05. The Balaban J connectivity index is 1.96. The molecule has 0 aromatic rings. The van der Waals surface area contributed by atoms with E-state index in [1.54, 1.807) is 7.11 Å². The SMILES string of the molecule is COC1O[C@@H]2[C@H](C)CC[C@@]23OC(C)(C)OC13. The van der Waals surface area contributed by atoms with Gasteiger partial charge >= 0.3 is 0 Å². The van der Waals surface area contributed by atoms with Crippen LogP contribution in [0.3, 0.4) is 0 Å². The predicted molar refractivity (Wildman–Crippen MR) is 56.8 cm³/mol. The molecule has 0 N–H and O–H groups in total. The Morgan fingerprint density at radius 3 is 2.69 bits per heavy atom. The summed E-state index contributed by atoms with van der Waals surface area (Å²) in [5, 5.41) is 0. The summed E-state index contributed by atoms with van der Waals surface area (Å²) in [4.78, 5) is 0. The van der Waals surface area contributed by atoms with E-state index in [0.717, 1.165) is 12.8 Å². The van der Waals surface area contributed by atoms with Crippen LogP contribution in [0.25, 0.3) is 0 Å². The summed E-state index contributed by atoms with van der Waals surface area (Å²) in [6, 6.07) is 0. The van der Waals surface area contributed by atoms with E-state index in [1.807, 2.05) is 13.8 Å². The average Bonchev–Trinajstić information content (AvgIpc) is 2.73. The molecule has 0 aromatic carbocycles. The maximum atomic E-state index is 6.16. The third-order valence-electron chi connectivity index (χ3n) is 4.08. The summed E-state index contributed by atoms with van der Waals surface area (Å²) in [5.41, 5.74) is -0.274. The van der Waals surface area contributed by atoms with Crippen molar-refractivity contribution >= 4 is 0 Å². The molecule has 4 heteroatoms. The van der Waals surface area contributed by atoms with E-state index in [9.17, 15) is 0 Å². The van der Waals surface area contributed by atoms with Crippen molar-refractivity contribution in [2.75, 3.05) is 7.11 Å². The summed E-state index contributed by atoms with van der Waals surface area (Å²) in [6.45, 7) is 6.14. The molecule has 0 aromatic heterocycles. The molecule has 92 valence electrons. The van der Waals surface area contributed by atoms with Crippen LogP contribution < -0.4 is 0 Å². The third-order valence-corrected chi connectivity index (χ3v) is 4.08. The highest BCUT2D eigenvalue weighted by Gasteiger charge is 2.69. The van der Waals surface area contributed by atoms with Crippen LogP contribution in [0, 0.1) is 5.92 Å². The van der Waals surface area contributed by atoms with Gasteiger partial charge in [-0.15, -0.1) is 0 Å². The molecule has 0 radical (unpaired) electrons. The lowest BCUT2D eigenvalue weighted by atomic mass is 9.93. The second-order valence-electron chi connectivity index (χ2n) is 5.67. The lowest BCUT2D eigenvalue weighted by molar-refractivity contribution is -0.236. The molecule has 1 saturated carbocycles. The Morgan fingerprint density at radius 2 is 2.00 bits per heavy atom. The molecule has 2 saturated heterocycles. The fourth-order valence-electron chi connectivity index (χ4n) is 3.52. The van der Waals surface area contributed by atoms with Gasteiger partial charge in [-0.1, -0.05) is 6.92 Å². The van der Waals surface area contributed by atoms with Crippen molar-refractivity contribution in [2.24, 2.45) is 5.92 Å². The maximum Gasteiger partial charge on any atom is 0.186 e. The largest absolute Gasteiger partial charge is 0.353 e. The Kier molecular flexibility index (Phi) is 2.19. The van der Waals surface area contributed by atoms with E-state index >= 15 is 0 Å². The first kappa shape index (κ1) is 11.0. The average molecular weight is 228 g/mol. The zero-order valence-corrected chi connectivity index (χ0v) is 10.4. The zero-order chi connectivity index (χ0) is 11.6. The van der Waals surface area contributed by atoms with E-state index in [4.69, 9.17) is 18.9 Å². The minimum Gasteiger partial charge on any atom is -0.353 e. The molecular formula is C12H20O4. The van der Waals surface area contributed by atoms with Crippen LogP contribution in [0.15, 0.2) is 0 Å². The predicted octanol–water partition coefficient (Wildman–Crippen LogP) is 1.68. The molecule has 1 aliphatic carbocycles. The minimum atomic E-state index is -0.520. The normalized spacial score (nSPS) is 54.0. The fraction of sp³-hybridized carbons (Fsp3) is 1.00. The number of ether oxygens (including phenoxy) is 4. The Bertz CT molecular complexity index is 303. The summed E-state index contributed by atoms with van der Waals surface area (Å²) >= 11 is 0. The Labute approximate surface area is 96.2 Å². The van der Waals surface area contributed by atoms with Crippen LogP contribution in [0.1, 0.15) is 33.6 Å². The van der Waals surface area contributed by atoms with Crippen LogP contribution >= 0.6 is 0 Å². The van der Waals surface area contributed by atoms with Crippen molar-refractivity contribution in [3.05, 3.63) is 0 Å². The van der Waals surface area contributed by atoms with Crippen molar-refractivity contribution in [1.29, 1.82) is 0 Å². The second kappa shape index (κ2) is 3.19. The zero-order valence-electron chi connectivity index (χ0n) is 10.4. The lowest BCUT2D eigenvalue weighted by Gasteiger charge is -2.28. The number of hydrogen-bond acceptors (Lipinski definition) is 4. The Morgan fingerprint density at radius 1 is 1.25 bits per heavy atom. The minimum absolute atomic E-state index is 0.0811. The molecule has 3 rings (SSSR count). The van der Waals surface area contributed by atoms with Gasteiger partial charge < -0.3 is 18.9 Å². The third kappa shape index (κ3) is 1.24.